The van der Waals surface area contributed by atoms with Gasteiger partial charge < -0.3 is 0 Å². The van der Waals surface area contributed by atoms with E-state index in [4.69, 9.17) is 0 Å². The summed E-state index contributed by atoms with van der Waals surface area (Å²) in [4.78, 5) is 0.154. The largest absolute Gasteiger partial charge is 0.240 e. The van der Waals surface area contributed by atoms with Crippen LogP contribution >= 0.6 is 0 Å². The van der Waals surface area contributed by atoms with Gasteiger partial charge in [0.15, 0.2) is 0 Å². The minimum absolute atomic E-state index is 0.116. The summed E-state index contributed by atoms with van der Waals surface area (Å²) in [5, 5.41) is 0. The Morgan fingerprint density at radius 2 is 1.81 bits per heavy atom. The van der Waals surface area contributed by atoms with E-state index >= 15 is 0 Å². The van der Waals surface area contributed by atoms with Crippen molar-refractivity contribution >= 4 is 20.0 Å². The van der Waals surface area contributed by atoms with Crippen molar-refractivity contribution in [2.45, 2.75) is 24.7 Å². The summed E-state index contributed by atoms with van der Waals surface area (Å²) in [6, 6.07) is 6.50. The van der Waals surface area contributed by atoms with Crippen LogP contribution in [0.15, 0.2) is 29.2 Å². The molecule has 1 fully saturated rings. The highest BCUT2D eigenvalue weighted by Gasteiger charge is 2.25. The van der Waals surface area contributed by atoms with Gasteiger partial charge >= 0.3 is 0 Å². The molecule has 1 N–H and O–H groups in total. The molecule has 1 aromatic carbocycles. The predicted octanol–water partition coefficient (Wildman–Crippen LogP) is 0.699. The average Bonchev–Trinajstić information content (AvgIpc) is 2.93. The number of rotatable bonds is 6. The zero-order valence-electron chi connectivity index (χ0n) is 11.9. The number of nitrogens with one attached hydrogen (secondary N) is 1. The summed E-state index contributed by atoms with van der Waals surface area (Å²) in [5.41, 5.74) is 0.836. The van der Waals surface area contributed by atoms with Gasteiger partial charge in [-0.25, -0.2) is 25.9 Å². The van der Waals surface area contributed by atoms with Gasteiger partial charge in [-0.3, -0.25) is 0 Å². The minimum atomic E-state index is -3.66. The first-order valence-electron chi connectivity index (χ1n) is 6.85. The van der Waals surface area contributed by atoms with E-state index < -0.39 is 20.0 Å². The van der Waals surface area contributed by atoms with Gasteiger partial charge in [-0.1, -0.05) is 12.1 Å². The molecular formula is C13H20N2O4S2. The first-order valence-corrected chi connectivity index (χ1v) is 9.95. The zero-order chi connectivity index (χ0) is 15.5. The molecule has 0 spiro atoms. The number of aryl methyl sites for hydroxylation is 1. The molecule has 0 atom stereocenters. The molecule has 0 amide bonds. The maximum Gasteiger partial charge on any atom is 0.240 e. The lowest BCUT2D eigenvalue weighted by atomic mass is 10.2. The van der Waals surface area contributed by atoms with Crippen molar-refractivity contribution < 1.29 is 16.8 Å². The molecule has 0 radical (unpaired) electrons. The smallest absolute Gasteiger partial charge is 0.212 e. The van der Waals surface area contributed by atoms with Crippen LogP contribution in [0.5, 0.6) is 0 Å². The summed E-state index contributed by atoms with van der Waals surface area (Å²) >= 11 is 0. The molecule has 1 saturated heterocycles. The molecule has 0 bridgehead atoms. The third kappa shape index (κ3) is 4.26. The first kappa shape index (κ1) is 16.4. The number of nitrogens with zero attached hydrogens (tertiary/aromatic N) is 1. The summed E-state index contributed by atoms with van der Waals surface area (Å²) < 4.78 is 51.9. The molecule has 1 aromatic rings. The molecule has 118 valence electrons. The lowest BCUT2D eigenvalue weighted by molar-refractivity contribution is 0.477. The Balaban J connectivity index is 1.96. The second-order valence-corrected chi connectivity index (χ2v) is 8.99. The van der Waals surface area contributed by atoms with E-state index in [1.807, 2.05) is 0 Å². The highest BCUT2D eigenvalue weighted by Crippen LogP contribution is 2.13. The lowest BCUT2D eigenvalue weighted by Gasteiger charge is -2.15. The maximum atomic E-state index is 12.1. The molecule has 8 heteroatoms. The molecule has 1 heterocycles. The normalized spacial score (nSPS) is 17.2. The summed E-state index contributed by atoms with van der Waals surface area (Å²) in [6.45, 7) is 2.76. The van der Waals surface area contributed by atoms with E-state index in [1.165, 1.54) is 10.4 Å². The Bertz CT molecular complexity index is 693. The Labute approximate surface area is 126 Å². The number of sulfonamides is 2. The van der Waals surface area contributed by atoms with Crippen LogP contribution in [0.4, 0.5) is 0 Å². The van der Waals surface area contributed by atoms with Crippen LogP contribution in [0.2, 0.25) is 0 Å². The first-order chi connectivity index (χ1) is 9.81. The van der Waals surface area contributed by atoms with Gasteiger partial charge in [-0.05, 0) is 37.5 Å². The van der Waals surface area contributed by atoms with Gasteiger partial charge in [0.25, 0.3) is 0 Å². The average molecular weight is 332 g/mol. The fourth-order valence-corrected chi connectivity index (χ4v) is 4.96. The van der Waals surface area contributed by atoms with Crippen molar-refractivity contribution in [3.05, 3.63) is 29.8 Å². The van der Waals surface area contributed by atoms with E-state index in [-0.39, 0.29) is 17.2 Å². The molecule has 21 heavy (non-hydrogen) atoms. The van der Waals surface area contributed by atoms with Crippen molar-refractivity contribution in [3.63, 3.8) is 0 Å². The van der Waals surface area contributed by atoms with Crippen LogP contribution in [0, 0.1) is 6.92 Å². The third-order valence-corrected chi connectivity index (χ3v) is 6.74. The Hall–Kier alpha value is -0.960. The third-order valence-electron chi connectivity index (χ3n) is 3.41. The van der Waals surface area contributed by atoms with Crippen molar-refractivity contribution in [2.24, 2.45) is 0 Å². The van der Waals surface area contributed by atoms with Crippen LogP contribution in [-0.4, -0.2) is 46.5 Å². The van der Waals surface area contributed by atoms with E-state index in [0.717, 1.165) is 18.4 Å². The van der Waals surface area contributed by atoms with Gasteiger partial charge in [0.2, 0.25) is 20.0 Å². The monoisotopic (exact) mass is 332 g/mol. The number of benzene rings is 1. The fourth-order valence-electron chi connectivity index (χ4n) is 2.27. The number of hydrogen-bond donors (Lipinski definition) is 1. The Morgan fingerprint density at radius 1 is 1.14 bits per heavy atom. The molecule has 0 unspecified atom stereocenters. The lowest BCUT2D eigenvalue weighted by Crippen LogP contribution is -2.36. The van der Waals surface area contributed by atoms with Crippen molar-refractivity contribution in [3.8, 4) is 0 Å². The van der Waals surface area contributed by atoms with E-state index in [2.05, 4.69) is 4.72 Å². The van der Waals surface area contributed by atoms with Crippen molar-refractivity contribution in [1.29, 1.82) is 0 Å². The molecule has 2 rings (SSSR count). The minimum Gasteiger partial charge on any atom is -0.212 e. The van der Waals surface area contributed by atoms with Crippen molar-refractivity contribution in [1.82, 2.24) is 9.03 Å². The summed E-state index contributed by atoms with van der Waals surface area (Å²) in [5.74, 6) is -0.210. The van der Waals surface area contributed by atoms with Gasteiger partial charge in [0.05, 0.1) is 10.6 Å². The van der Waals surface area contributed by atoms with Gasteiger partial charge in [-0.2, -0.15) is 0 Å². The molecule has 0 saturated carbocycles. The van der Waals surface area contributed by atoms with E-state index in [0.29, 0.717) is 13.1 Å². The van der Waals surface area contributed by atoms with Crippen LogP contribution in [-0.2, 0) is 20.0 Å². The highest BCUT2D eigenvalue weighted by molar-refractivity contribution is 7.90. The SMILES string of the molecule is Cc1cccc(S(=O)(=O)NCCS(=O)(=O)N2CCCC2)c1. The second kappa shape index (κ2) is 6.43. The molecule has 1 aliphatic rings. The Kier molecular flexibility index (Phi) is 5.03. The standard InChI is InChI=1S/C13H20N2O4S2/c1-12-5-4-6-13(11-12)21(18,19)14-7-10-20(16,17)15-8-2-3-9-15/h4-6,11,14H,2-3,7-10H2,1H3. The van der Waals surface area contributed by atoms with Crippen LogP contribution < -0.4 is 4.72 Å². The molecular weight excluding hydrogens is 312 g/mol. The number of hydrogen-bond acceptors (Lipinski definition) is 4. The van der Waals surface area contributed by atoms with Crippen molar-refractivity contribution in [2.75, 3.05) is 25.4 Å². The summed E-state index contributed by atoms with van der Waals surface area (Å²) in [7, 11) is -7.03. The van der Waals surface area contributed by atoms with Crippen LogP contribution in [0.3, 0.4) is 0 Å². The zero-order valence-corrected chi connectivity index (χ0v) is 13.6. The highest BCUT2D eigenvalue weighted by atomic mass is 32.2. The fraction of sp³-hybridized carbons (Fsp3) is 0.538. The van der Waals surface area contributed by atoms with E-state index in [9.17, 15) is 16.8 Å². The quantitative estimate of drug-likeness (QED) is 0.831. The predicted molar refractivity (Wildman–Crippen MR) is 81.0 cm³/mol. The molecule has 1 aliphatic heterocycles. The second-order valence-electron chi connectivity index (χ2n) is 5.14. The molecule has 0 aliphatic carbocycles. The van der Waals surface area contributed by atoms with Gasteiger partial charge in [0, 0.05) is 19.6 Å². The Morgan fingerprint density at radius 3 is 2.43 bits per heavy atom. The summed E-state index contributed by atoms with van der Waals surface area (Å²) in [6.07, 6.45) is 1.74. The topological polar surface area (TPSA) is 83.5 Å². The van der Waals surface area contributed by atoms with Crippen LogP contribution in [0.1, 0.15) is 18.4 Å². The maximum absolute atomic E-state index is 12.1. The molecule has 0 aromatic heterocycles. The van der Waals surface area contributed by atoms with Gasteiger partial charge in [0.1, 0.15) is 0 Å². The molecule has 6 nitrogen and oxygen atoms in total. The van der Waals surface area contributed by atoms with E-state index in [1.54, 1.807) is 25.1 Å². The van der Waals surface area contributed by atoms with Crippen LogP contribution in [0.25, 0.3) is 0 Å². The van der Waals surface area contributed by atoms with Gasteiger partial charge in [-0.15, -0.1) is 0 Å².